The molecule has 150 valence electrons. The first-order valence-electron chi connectivity index (χ1n) is 8.63. The molecular weight excluding hydrogens is 423 g/mol. The number of thiocarbonyl (C=S) groups is 1. The molecule has 1 aromatic carbocycles. The van der Waals surface area contributed by atoms with Crippen LogP contribution in [0.25, 0.3) is 6.08 Å². The van der Waals surface area contributed by atoms with Crippen LogP contribution in [-0.4, -0.2) is 65.5 Å². The molecular formula is C18H19FN2O4S3. The summed E-state index contributed by atoms with van der Waals surface area (Å²) >= 11 is 6.39. The monoisotopic (exact) mass is 442 g/mol. The fourth-order valence-electron chi connectivity index (χ4n) is 3.07. The molecule has 28 heavy (non-hydrogen) atoms. The minimum atomic E-state index is -3.08. The summed E-state index contributed by atoms with van der Waals surface area (Å²) in [5, 5.41) is 0. The van der Waals surface area contributed by atoms with E-state index in [1.54, 1.807) is 25.3 Å². The van der Waals surface area contributed by atoms with Crippen LogP contribution in [0.3, 0.4) is 0 Å². The summed E-state index contributed by atoms with van der Waals surface area (Å²) in [6.45, 7) is 0.133. The molecule has 1 unspecified atom stereocenters. The van der Waals surface area contributed by atoms with Gasteiger partial charge >= 0.3 is 0 Å². The third kappa shape index (κ3) is 4.79. The van der Waals surface area contributed by atoms with Gasteiger partial charge in [-0.1, -0.05) is 36.1 Å². The first-order valence-corrected chi connectivity index (χ1v) is 11.7. The van der Waals surface area contributed by atoms with E-state index in [1.807, 2.05) is 0 Å². The van der Waals surface area contributed by atoms with Crippen LogP contribution in [-0.2, 0) is 19.4 Å². The Hall–Kier alpha value is -1.78. The molecule has 1 atom stereocenters. The number of sulfone groups is 1. The lowest BCUT2D eigenvalue weighted by molar-refractivity contribution is -0.132. The fourth-order valence-corrected chi connectivity index (χ4v) is 6.15. The van der Waals surface area contributed by atoms with Crippen molar-refractivity contribution in [2.45, 2.75) is 18.9 Å². The molecule has 2 saturated heterocycles. The second-order valence-corrected chi connectivity index (χ2v) is 10.6. The lowest BCUT2D eigenvalue weighted by atomic mass is 10.2. The number of hydrogen-bond donors (Lipinski definition) is 0. The van der Waals surface area contributed by atoms with Crippen LogP contribution < -0.4 is 0 Å². The van der Waals surface area contributed by atoms with Crippen molar-refractivity contribution in [1.29, 1.82) is 0 Å². The van der Waals surface area contributed by atoms with Crippen LogP contribution in [0.2, 0.25) is 0 Å². The molecule has 0 N–H and O–H groups in total. The highest BCUT2D eigenvalue weighted by Crippen LogP contribution is 2.32. The maximum Gasteiger partial charge on any atom is 0.266 e. The average molecular weight is 443 g/mol. The molecule has 2 fully saturated rings. The predicted octanol–water partition coefficient (Wildman–Crippen LogP) is 2.06. The van der Waals surface area contributed by atoms with Crippen LogP contribution in [0.5, 0.6) is 0 Å². The highest BCUT2D eigenvalue weighted by atomic mass is 32.2. The summed E-state index contributed by atoms with van der Waals surface area (Å²) in [6.07, 6.45) is 2.13. The Morgan fingerprint density at radius 1 is 1.39 bits per heavy atom. The van der Waals surface area contributed by atoms with E-state index in [0.717, 1.165) is 11.8 Å². The van der Waals surface area contributed by atoms with Crippen LogP contribution in [0.1, 0.15) is 18.4 Å². The SMILES string of the molecule is CN(C(=O)CCN1C(=O)/C(=C\c2ccc(F)cc2)SC1=S)C1CCS(=O)(=O)C1. The molecule has 10 heteroatoms. The first kappa shape index (κ1) is 20.9. The zero-order chi connectivity index (χ0) is 20.5. The Kier molecular flexibility index (Phi) is 6.21. The van der Waals surface area contributed by atoms with Crippen molar-refractivity contribution in [3.8, 4) is 0 Å². The van der Waals surface area contributed by atoms with E-state index < -0.39 is 9.84 Å². The number of carbonyl (C=O) groups excluding carboxylic acids is 2. The molecule has 0 radical (unpaired) electrons. The van der Waals surface area contributed by atoms with Gasteiger partial charge in [-0.25, -0.2) is 12.8 Å². The molecule has 0 aromatic heterocycles. The molecule has 2 aliphatic heterocycles. The Bertz CT molecular complexity index is 944. The summed E-state index contributed by atoms with van der Waals surface area (Å²) in [6, 6.07) is 5.43. The van der Waals surface area contributed by atoms with Crippen LogP contribution >= 0.6 is 24.0 Å². The van der Waals surface area contributed by atoms with Gasteiger partial charge in [-0.2, -0.15) is 0 Å². The third-order valence-electron chi connectivity index (χ3n) is 4.74. The van der Waals surface area contributed by atoms with Gasteiger partial charge in [-0.05, 0) is 30.2 Å². The third-order valence-corrected chi connectivity index (χ3v) is 7.87. The predicted molar refractivity (Wildman–Crippen MR) is 111 cm³/mol. The Morgan fingerprint density at radius 3 is 2.68 bits per heavy atom. The summed E-state index contributed by atoms with van der Waals surface area (Å²) in [7, 11) is -1.49. The van der Waals surface area contributed by atoms with Crippen LogP contribution in [0.4, 0.5) is 4.39 Å². The van der Waals surface area contributed by atoms with Crippen molar-refractivity contribution in [2.24, 2.45) is 0 Å². The second-order valence-electron chi connectivity index (χ2n) is 6.70. The number of halogens is 1. The van der Waals surface area contributed by atoms with Gasteiger partial charge in [0.25, 0.3) is 5.91 Å². The zero-order valence-corrected chi connectivity index (χ0v) is 17.6. The highest BCUT2D eigenvalue weighted by molar-refractivity contribution is 8.26. The van der Waals surface area contributed by atoms with E-state index in [9.17, 15) is 22.4 Å². The maximum absolute atomic E-state index is 13.0. The summed E-state index contributed by atoms with van der Waals surface area (Å²) in [5.74, 6) is -0.797. The summed E-state index contributed by atoms with van der Waals surface area (Å²) < 4.78 is 36.5. The lowest BCUT2D eigenvalue weighted by Crippen LogP contribution is -2.40. The van der Waals surface area contributed by atoms with E-state index in [2.05, 4.69) is 0 Å². The molecule has 3 rings (SSSR count). The van der Waals surface area contributed by atoms with Crippen molar-refractivity contribution in [3.05, 3.63) is 40.6 Å². The molecule has 2 heterocycles. The minimum absolute atomic E-state index is 0.0172. The number of benzene rings is 1. The topological polar surface area (TPSA) is 74.8 Å². The quantitative estimate of drug-likeness (QED) is 0.513. The largest absolute Gasteiger partial charge is 0.342 e. The minimum Gasteiger partial charge on any atom is -0.342 e. The fraction of sp³-hybridized carbons (Fsp3) is 0.389. The second kappa shape index (κ2) is 8.30. The van der Waals surface area contributed by atoms with E-state index >= 15 is 0 Å². The van der Waals surface area contributed by atoms with Crippen molar-refractivity contribution < 1.29 is 22.4 Å². The number of carbonyl (C=O) groups is 2. The number of nitrogens with zero attached hydrogens (tertiary/aromatic N) is 2. The molecule has 0 bridgehead atoms. The number of thioether (sulfide) groups is 1. The van der Waals surface area contributed by atoms with Crippen LogP contribution in [0.15, 0.2) is 29.2 Å². The first-order chi connectivity index (χ1) is 13.2. The molecule has 2 amide bonds. The number of amides is 2. The Balaban J connectivity index is 1.60. The van der Waals surface area contributed by atoms with Gasteiger partial charge in [0.05, 0.1) is 16.4 Å². The lowest BCUT2D eigenvalue weighted by Gasteiger charge is -2.24. The Morgan fingerprint density at radius 2 is 2.07 bits per heavy atom. The molecule has 2 aliphatic rings. The molecule has 0 spiro atoms. The van der Waals surface area contributed by atoms with Crippen LogP contribution in [0, 0.1) is 5.82 Å². The molecule has 6 nitrogen and oxygen atoms in total. The van der Waals surface area contributed by atoms with E-state index in [1.165, 1.54) is 21.9 Å². The number of rotatable bonds is 5. The smallest absolute Gasteiger partial charge is 0.266 e. The van der Waals surface area contributed by atoms with Gasteiger partial charge in [0, 0.05) is 26.1 Å². The van der Waals surface area contributed by atoms with Crippen molar-refractivity contribution in [1.82, 2.24) is 9.80 Å². The molecule has 0 aliphatic carbocycles. The summed E-state index contributed by atoms with van der Waals surface area (Å²) in [5.41, 5.74) is 0.681. The van der Waals surface area contributed by atoms with E-state index in [-0.39, 0.29) is 48.1 Å². The van der Waals surface area contributed by atoms with Crippen molar-refractivity contribution >= 4 is 56.0 Å². The van der Waals surface area contributed by atoms with Crippen molar-refractivity contribution in [2.75, 3.05) is 25.1 Å². The maximum atomic E-state index is 13.0. The van der Waals surface area contributed by atoms with E-state index in [0.29, 0.717) is 21.2 Å². The van der Waals surface area contributed by atoms with Gasteiger partial charge in [-0.15, -0.1) is 0 Å². The van der Waals surface area contributed by atoms with Crippen molar-refractivity contribution in [3.63, 3.8) is 0 Å². The van der Waals surface area contributed by atoms with Gasteiger partial charge in [0.2, 0.25) is 5.91 Å². The Labute approximate surface area is 172 Å². The molecule has 1 aromatic rings. The van der Waals surface area contributed by atoms with Gasteiger partial charge in [0.1, 0.15) is 10.1 Å². The van der Waals surface area contributed by atoms with Gasteiger partial charge < -0.3 is 4.90 Å². The zero-order valence-electron chi connectivity index (χ0n) is 15.1. The summed E-state index contributed by atoms with van der Waals surface area (Å²) in [4.78, 5) is 28.2. The van der Waals surface area contributed by atoms with E-state index in [4.69, 9.17) is 12.2 Å². The number of hydrogen-bond acceptors (Lipinski definition) is 6. The standard InChI is InChI=1S/C18H19FN2O4S3/c1-20(14-7-9-28(24,25)11-14)16(22)6-8-21-17(23)15(27-18(21)26)10-12-2-4-13(19)5-3-12/h2-5,10,14H,6-9,11H2,1H3/b15-10+. The highest BCUT2D eigenvalue weighted by Gasteiger charge is 2.35. The molecule has 0 saturated carbocycles. The van der Waals surface area contributed by atoms with Gasteiger partial charge in [-0.3, -0.25) is 14.5 Å². The normalized spacial score (nSPS) is 22.9. The average Bonchev–Trinajstić information content (AvgIpc) is 3.13. The van der Waals surface area contributed by atoms with Gasteiger partial charge in [0.15, 0.2) is 9.84 Å².